The van der Waals surface area contributed by atoms with E-state index in [1.165, 1.54) is 0 Å². The molecule has 2 aliphatic heterocycles. The van der Waals surface area contributed by atoms with Gasteiger partial charge in [0.25, 0.3) is 5.91 Å². The number of likely N-dealkylation sites (N-methyl/N-ethyl adjacent to an activating group) is 1. The van der Waals surface area contributed by atoms with Gasteiger partial charge >= 0.3 is 6.03 Å². The molecule has 0 bridgehead atoms. The lowest BCUT2D eigenvalue weighted by molar-refractivity contribution is -0.138. The molecule has 2 heterocycles. The highest BCUT2D eigenvalue weighted by Crippen LogP contribution is 2.38. The molecule has 38 heavy (non-hydrogen) atoms. The number of nitrogens with one attached hydrogen (secondary N) is 2. The smallest absolute Gasteiger partial charge is 0.322 e. The largest absolute Gasteiger partial charge is 0.457 e. The molecule has 4 rings (SSSR count). The summed E-state index contributed by atoms with van der Waals surface area (Å²) in [5, 5.41) is 5.95. The average Bonchev–Trinajstić information content (AvgIpc) is 3.23. The summed E-state index contributed by atoms with van der Waals surface area (Å²) in [5.41, 5.74) is 1.86. The van der Waals surface area contributed by atoms with Crippen LogP contribution in [0.3, 0.4) is 0 Å². The lowest BCUT2D eigenvalue weighted by Gasteiger charge is -2.33. The zero-order valence-corrected chi connectivity index (χ0v) is 22.4. The Balaban J connectivity index is 1.63. The maximum absolute atomic E-state index is 14.0. The molecule has 0 saturated heterocycles. The van der Waals surface area contributed by atoms with Crippen molar-refractivity contribution in [3.05, 3.63) is 71.4 Å². The van der Waals surface area contributed by atoms with Crippen molar-refractivity contribution in [1.29, 1.82) is 0 Å². The molecule has 0 fully saturated rings. The second kappa shape index (κ2) is 12.1. The molecule has 0 saturated carbocycles. The molecule has 0 spiro atoms. The van der Waals surface area contributed by atoms with Gasteiger partial charge in [0.15, 0.2) is 0 Å². The highest BCUT2D eigenvalue weighted by molar-refractivity contribution is 6.03. The minimum absolute atomic E-state index is 0.123. The lowest BCUT2D eigenvalue weighted by Crippen LogP contribution is -2.51. The summed E-state index contributed by atoms with van der Waals surface area (Å²) in [6, 6.07) is 15.2. The monoisotopic (exact) mass is 520 g/mol. The van der Waals surface area contributed by atoms with Gasteiger partial charge in [-0.2, -0.15) is 0 Å². The number of hydrogen-bond donors (Lipinski definition) is 2. The zero-order chi connectivity index (χ0) is 27.2. The normalized spacial score (nSPS) is 18.0. The van der Waals surface area contributed by atoms with Crippen LogP contribution in [0.5, 0.6) is 11.5 Å². The van der Waals surface area contributed by atoms with E-state index in [4.69, 9.17) is 9.47 Å². The van der Waals surface area contributed by atoms with Gasteiger partial charge in [0.2, 0.25) is 5.91 Å². The number of hydrogen-bond acceptors (Lipinski definition) is 5. The third-order valence-electron chi connectivity index (χ3n) is 6.80. The van der Waals surface area contributed by atoms with Crippen molar-refractivity contribution in [2.75, 3.05) is 33.4 Å². The first kappa shape index (κ1) is 27.2. The van der Waals surface area contributed by atoms with Crippen LogP contribution in [0, 0.1) is 5.92 Å². The Morgan fingerprint density at radius 3 is 2.53 bits per heavy atom. The number of carbonyl (C=O) groups excluding carboxylic acids is 3. The van der Waals surface area contributed by atoms with E-state index in [2.05, 4.69) is 10.6 Å². The summed E-state index contributed by atoms with van der Waals surface area (Å²) < 4.78 is 11.1. The van der Waals surface area contributed by atoms with E-state index < -0.39 is 12.1 Å². The number of benzene rings is 2. The van der Waals surface area contributed by atoms with Gasteiger partial charge in [-0.05, 0) is 49.1 Å². The topological polar surface area (TPSA) is 100 Å². The highest BCUT2D eigenvalue weighted by Gasteiger charge is 2.47. The summed E-state index contributed by atoms with van der Waals surface area (Å²) in [4.78, 5) is 43.4. The van der Waals surface area contributed by atoms with Crippen LogP contribution >= 0.6 is 0 Å². The molecule has 202 valence electrons. The van der Waals surface area contributed by atoms with Crippen molar-refractivity contribution < 1.29 is 23.9 Å². The Labute approximate surface area is 223 Å². The molecule has 0 aliphatic carbocycles. The van der Waals surface area contributed by atoms with Crippen molar-refractivity contribution in [3.63, 3.8) is 0 Å². The second-order valence-electron chi connectivity index (χ2n) is 9.73. The van der Waals surface area contributed by atoms with Crippen LogP contribution in [0.25, 0.3) is 0 Å². The third kappa shape index (κ3) is 5.67. The zero-order valence-electron chi connectivity index (χ0n) is 22.4. The van der Waals surface area contributed by atoms with Gasteiger partial charge in [-0.1, -0.05) is 44.2 Å². The molecule has 9 heteroatoms. The Kier molecular flexibility index (Phi) is 8.68. The molecule has 2 aromatic carbocycles. The van der Waals surface area contributed by atoms with E-state index in [1.807, 2.05) is 75.4 Å². The van der Waals surface area contributed by atoms with E-state index >= 15 is 0 Å². The minimum atomic E-state index is -0.669. The van der Waals surface area contributed by atoms with Gasteiger partial charge in [-0.15, -0.1) is 0 Å². The summed E-state index contributed by atoms with van der Waals surface area (Å²) in [7, 11) is 1.62. The maximum atomic E-state index is 14.0. The summed E-state index contributed by atoms with van der Waals surface area (Å²) in [6.07, 6.45) is 0.682. The van der Waals surface area contributed by atoms with Gasteiger partial charge in [-0.25, -0.2) is 4.79 Å². The number of amides is 4. The number of methoxy groups -OCH3 is 1. The molecule has 0 aromatic heterocycles. The van der Waals surface area contributed by atoms with Crippen molar-refractivity contribution in [2.24, 2.45) is 5.92 Å². The van der Waals surface area contributed by atoms with Gasteiger partial charge in [0.05, 0.1) is 23.9 Å². The first-order valence-corrected chi connectivity index (χ1v) is 13.1. The third-order valence-corrected chi connectivity index (χ3v) is 6.80. The van der Waals surface area contributed by atoms with Gasteiger partial charge in [-0.3, -0.25) is 14.5 Å². The number of ether oxygens (including phenoxy) is 2. The van der Waals surface area contributed by atoms with Crippen molar-refractivity contribution >= 4 is 17.8 Å². The van der Waals surface area contributed by atoms with Crippen molar-refractivity contribution in [2.45, 2.75) is 39.3 Å². The van der Waals surface area contributed by atoms with E-state index in [0.29, 0.717) is 48.9 Å². The van der Waals surface area contributed by atoms with Gasteiger partial charge < -0.3 is 25.0 Å². The van der Waals surface area contributed by atoms with Crippen LogP contribution in [0.1, 0.15) is 38.8 Å². The molecule has 9 nitrogen and oxygen atoms in total. The quantitative estimate of drug-likeness (QED) is 0.439. The number of urea groups is 1. The Bertz CT molecular complexity index is 1200. The molecular formula is C29H36N4O5. The van der Waals surface area contributed by atoms with Crippen LogP contribution in [0.2, 0.25) is 0 Å². The number of nitrogens with zero attached hydrogens (tertiary/aromatic N) is 2. The fourth-order valence-electron chi connectivity index (χ4n) is 5.04. The molecule has 0 unspecified atom stereocenters. The van der Waals surface area contributed by atoms with E-state index in [0.717, 1.165) is 5.56 Å². The molecule has 2 aromatic rings. The SMILES string of the molecule is CCN1C(=O)N[C@@H](c2cccc(Oc3ccccc3)c2)C2=C1CN([C@@H](C(=O)NCCCOC)C(C)C)C2=O. The van der Waals surface area contributed by atoms with Crippen LogP contribution < -0.4 is 15.4 Å². The molecule has 4 amide bonds. The second-order valence-corrected chi connectivity index (χ2v) is 9.73. The van der Waals surface area contributed by atoms with Gasteiger partial charge in [0, 0.05) is 26.8 Å². The van der Waals surface area contributed by atoms with Crippen molar-refractivity contribution in [3.8, 4) is 11.5 Å². The lowest BCUT2D eigenvalue weighted by atomic mass is 9.95. The van der Waals surface area contributed by atoms with E-state index in [-0.39, 0.29) is 30.3 Å². The standard InChI is InChI=1S/C29H36N4O5/c1-5-32-23-18-33(26(19(2)3)27(34)30-15-10-16-37-4)28(35)24(23)25(31-29(32)36)20-11-9-14-22(17-20)38-21-12-7-6-8-13-21/h6-9,11-14,17,19,25-26H,5,10,15-16,18H2,1-4H3,(H,30,34)(H,31,36)/t25-,26+/m0/s1. The van der Waals surface area contributed by atoms with E-state index in [1.54, 1.807) is 16.9 Å². The predicted molar refractivity (Wildman–Crippen MR) is 143 cm³/mol. The fourth-order valence-corrected chi connectivity index (χ4v) is 5.04. The summed E-state index contributed by atoms with van der Waals surface area (Å²) in [5.74, 6) is 0.710. The van der Waals surface area contributed by atoms with Crippen LogP contribution in [0.4, 0.5) is 4.79 Å². The molecule has 2 atom stereocenters. The molecule has 0 radical (unpaired) electrons. The first-order chi connectivity index (χ1) is 18.3. The predicted octanol–water partition coefficient (Wildman–Crippen LogP) is 3.84. The van der Waals surface area contributed by atoms with Gasteiger partial charge in [0.1, 0.15) is 17.5 Å². The van der Waals surface area contributed by atoms with Crippen LogP contribution in [-0.4, -0.2) is 67.0 Å². The van der Waals surface area contributed by atoms with Crippen LogP contribution in [0.15, 0.2) is 65.9 Å². The molecule has 2 aliphatic rings. The molecular weight excluding hydrogens is 484 g/mol. The fraction of sp³-hybridized carbons (Fsp3) is 0.414. The summed E-state index contributed by atoms with van der Waals surface area (Å²) in [6.45, 7) is 7.32. The molecule has 2 N–H and O–H groups in total. The maximum Gasteiger partial charge on any atom is 0.322 e. The van der Waals surface area contributed by atoms with Crippen molar-refractivity contribution in [1.82, 2.24) is 20.4 Å². The van der Waals surface area contributed by atoms with E-state index in [9.17, 15) is 14.4 Å². The minimum Gasteiger partial charge on any atom is -0.457 e. The highest BCUT2D eigenvalue weighted by atomic mass is 16.5. The Morgan fingerprint density at radius 2 is 1.84 bits per heavy atom. The number of carbonyl (C=O) groups is 3. The van der Waals surface area contributed by atoms with Crippen LogP contribution in [-0.2, 0) is 14.3 Å². The Hall–Kier alpha value is -3.85. The average molecular weight is 521 g/mol. The summed E-state index contributed by atoms with van der Waals surface area (Å²) >= 11 is 0. The number of rotatable bonds is 11. The Morgan fingerprint density at radius 1 is 1.11 bits per heavy atom. The number of para-hydroxylation sites is 1. The first-order valence-electron chi connectivity index (χ1n) is 13.1.